The minimum atomic E-state index is -0.469. The summed E-state index contributed by atoms with van der Waals surface area (Å²) in [5.41, 5.74) is 1.39. The number of hydrogen-bond acceptors (Lipinski definition) is 2. The topological polar surface area (TPSA) is 12.0 Å². The van der Waals surface area contributed by atoms with Crippen molar-refractivity contribution in [2.24, 2.45) is 0 Å². The standard InChI is InChI=1S/C17H21F2NS/c1-4-8-20-16(17-9-11(2)12(3)21-17)10-13-14(18)6-5-7-15(13)19/h5-7,9,16,20H,4,8,10H2,1-3H3. The van der Waals surface area contributed by atoms with Crippen LogP contribution < -0.4 is 5.32 Å². The van der Waals surface area contributed by atoms with E-state index in [9.17, 15) is 8.78 Å². The van der Waals surface area contributed by atoms with Gasteiger partial charge in [-0.2, -0.15) is 0 Å². The van der Waals surface area contributed by atoms with E-state index in [0.29, 0.717) is 6.42 Å². The highest BCUT2D eigenvalue weighted by Crippen LogP contribution is 2.30. The van der Waals surface area contributed by atoms with Gasteiger partial charge in [0.2, 0.25) is 0 Å². The van der Waals surface area contributed by atoms with Crippen molar-refractivity contribution in [2.75, 3.05) is 6.54 Å². The lowest BCUT2D eigenvalue weighted by Crippen LogP contribution is -2.24. The molecule has 1 unspecified atom stereocenters. The lowest BCUT2D eigenvalue weighted by molar-refractivity contribution is 0.494. The van der Waals surface area contributed by atoms with Gasteiger partial charge < -0.3 is 5.32 Å². The Morgan fingerprint density at radius 2 is 1.86 bits per heavy atom. The number of nitrogens with one attached hydrogen (secondary N) is 1. The van der Waals surface area contributed by atoms with Crippen LogP contribution in [0, 0.1) is 25.5 Å². The molecule has 0 aliphatic carbocycles. The lowest BCUT2D eigenvalue weighted by Gasteiger charge is -2.18. The summed E-state index contributed by atoms with van der Waals surface area (Å²) in [4.78, 5) is 2.39. The Kier molecular flexibility index (Phi) is 5.48. The van der Waals surface area contributed by atoms with E-state index in [2.05, 4.69) is 32.2 Å². The van der Waals surface area contributed by atoms with Crippen molar-refractivity contribution in [3.05, 3.63) is 56.8 Å². The van der Waals surface area contributed by atoms with Gasteiger partial charge in [-0.1, -0.05) is 13.0 Å². The van der Waals surface area contributed by atoms with Gasteiger partial charge in [0.05, 0.1) is 0 Å². The predicted octanol–water partition coefficient (Wildman–Crippen LogP) is 4.93. The minimum Gasteiger partial charge on any atom is -0.309 e. The number of aryl methyl sites for hydroxylation is 2. The molecule has 21 heavy (non-hydrogen) atoms. The molecule has 1 aromatic heterocycles. The molecule has 114 valence electrons. The molecule has 0 aliphatic heterocycles. The van der Waals surface area contributed by atoms with E-state index in [1.165, 1.54) is 28.6 Å². The molecular weight excluding hydrogens is 288 g/mol. The SMILES string of the molecule is CCCNC(Cc1c(F)cccc1F)c1cc(C)c(C)s1. The summed E-state index contributed by atoms with van der Waals surface area (Å²) in [5, 5.41) is 3.41. The number of hydrogen-bond donors (Lipinski definition) is 1. The quantitative estimate of drug-likeness (QED) is 0.798. The van der Waals surface area contributed by atoms with Gasteiger partial charge in [0.15, 0.2) is 0 Å². The predicted molar refractivity (Wildman–Crippen MR) is 84.9 cm³/mol. The summed E-state index contributed by atoms with van der Waals surface area (Å²) in [5.74, 6) is -0.938. The van der Waals surface area contributed by atoms with Gasteiger partial charge in [0.1, 0.15) is 11.6 Å². The molecule has 1 N–H and O–H groups in total. The molecule has 0 saturated heterocycles. The summed E-state index contributed by atoms with van der Waals surface area (Å²) in [6.45, 7) is 7.05. The van der Waals surface area contributed by atoms with E-state index in [1.54, 1.807) is 11.3 Å². The zero-order valence-corrected chi connectivity index (χ0v) is 13.5. The van der Waals surface area contributed by atoms with Gasteiger partial charge in [-0.25, -0.2) is 8.78 Å². The second kappa shape index (κ2) is 7.14. The summed E-state index contributed by atoms with van der Waals surface area (Å²) in [6, 6.07) is 6.11. The molecule has 1 aromatic carbocycles. The van der Waals surface area contributed by atoms with Gasteiger partial charge in [0.25, 0.3) is 0 Å². The maximum atomic E-state index is 13.9. The highest BCUT2D eigenvalue weighted by molar-refractivity contribution is 7.12. The lowest BCUT2D eigenvalue weighted by atomic mass is 10.0. The van der Waals surface area contributed by atoms with Gasteiger partial charge in [0, 0.05) is 21.4 Å². The molecule has 0 aliphatic rings. The molecule has 2 aromatic rings. The number of benzene rings is 1. The third-order valence-electron chi connectivity index (χ3n) is 3.64. The summed E-state index contributed by atoms with van der Waals surface area (Å²) in [6.07, 6.45) is 1.32. The monoisotopic (exact) mass is 309 g/mol. The maximum absolute atomic E-state index is 13.9. The van der Waals surface area contributed by atoms with E-state index >= 15 is 0 Å². The molecule has 0 fully saturated rings. The Morgan fingerprint density at radius 3 is 2.38 bits per heavy atom. The van der Waals surface area contributed by atoms with Crippen LogP contribution in [-0.4, -0.2) is 6.54 Å². The van der Waals surface area contributed by atoms with Crippen LogP contribution in [0.25, 0.3) is 0 Å². The van der Waals surface area contributed by atoms with Crippen molar-refractivity contribution in [1.82, 2.24) is 5.32 Å². The average molecular weight is 309 g/mol. The minimum absolute atomic E-state index is 0.0475. The van der Waals surface area contributed by atoms with E-state index < -0.39 is 11.6 Å². The molecule has 4 heteroatoms. The van der Waals surface area contributed by atoms with Crippen LogP contribution in [0.15, 0.2) is 24.3 Å². The first-order chi connectivity index (χ1) is 10.0. The second-order valence-electron chi connectivity index (χ2n) is 5.30. The fourth-order valence-electron chi connectivity index (χ4n) is 2.30. The van der Waals surface area contributed by atoms with Crippen LogP contribution in [0.2, 0.25) is 0 Å². The summed E-state index contributed by atoms with van der Waals surface area (Å²) < 4.78 is 27.7. The smallest absolute Gasteiger partial charge is 0.129 e. The number of halogens is 2. The first kappa shape index (κ1) is 16.1. The van der Waals surface area contributed by atoms with Crippen molar-refractivity contribution in [3.8, 4) is 0 Å². The largest absolute Gasteiger partial charge is 0.309 e. The third kappa shape index (κ3) is 3.89. The normalized spacial score (nSPS) is 12.6. The van der Waals surface area contributed by atoms with Gasteiger partial charge in [-0.3, -0.25) is 0 Å². The molecule has 0 amide bonds. The Labute approximate surface area is 129 Å². The van der Waals surface area contributed by atoms with E-state index in [0.717, 1.165) is 17.8 Å². The van der Waals surface area contributed by atoms with Crippen LogP contribution in [0.5, 0.6) is 0 Å². The van der Waals surface area contributed by atoms with Crippen LogP contribution in [-0.2, 0) is 6.42 Å². The first-order valence-electron chi connectivity index (χ1n) is 7.26. The number of rotatable bonds is 6. The van der Waals surface area contributed by atoms with Crippen LogP contribution in [0.3, 0.4) is 0 Å². The van der Waals surface area contributed by atoms with Crippen molar-refractivity contribution in [2.45, 2.75) is 39.7 Å². The molecule has 0 radical (unpaired) electrons. The Bertz CT molecular complexity index is 567. The molecule has 1 heterocycles. The summed E-state index contributed by atoms with van der Waals surface area (Å²) >= 11 is 1.70. The van der Waals surface area contributed by atoms with Crippen LogP contribution >= 0.6 is 11.3 Å². The average Bonchev–Trinajstić information content (AvgIpc) is 2.77. The third-order valence-corrected chi connectivity index (χ3v) is 4.91. The highest BCUT2D eigenvalue weighted by Gasteiger charge is 2.19. The first-order valence-corrected chi connectivity index (χ1v) is 8.07. The zero-order valence-electron chi connectivity index (χ0n) is 12.7. The molecule has 0 spiro atoms. The molecule has 0 saturated carbocycles. The highest BCUT2D eigenvalue weighted by atomic mass is 32.1. The van der Waals surface area contributed by atoms with Crippen LogP contribution in [0.4, 0.5) is 8.78 Å². The van der Waals surface area contributed by atoms with Crippen molar-refractivity contribution < 1.29 is 8.78 Å². The van der Waals surface area contributed by atoms with Gasteiger partial charge in [-0.05, 0) is 57.0 Å². The van der Waals surface area contributed by atoms with Gasteiger partial charge in [-0.15, -0.1) is 11.3 Å². The maximum Gasteiger partial charge on any atom is 0.129 e. The second-order valence-corrected chi connectivity index (χ2v) is 6.59. The fraction of sp³-hybridized carbons (Fsp3) is 0.412. The van der Waals surface area contributed by atoms with E-state index in [-0.39, 0.29) is 11.6 Å². The zero-order chi connectivity index (χ0) is 15.4. The van der Waals surface area contributed by atoms with Crippen molar-refractivity contribution in [1.29, 1.82) is 0 Å². The molecule has 0 bridgehead atoms. The van der Waals surface area contributed by atoms with Crippen molar-refractivity contribution >= 4 is 11.3 Å². The van der Waals surface area contributed by atoms with Gasteiger partial charge >= 0.3 is 0 Å². The van der Waals surface area contributed by atoms with Crippen LogP contribution in [0.1, 0.15) is 40.3 Å². The molecular formula is C17H21F2NS. The fourth-order valence-corrected chi connectivity index (χ4v) is 3.41. The summed E-state index contributed by atoms with van der Waals surface area (Å²) in [7, 11) is 0. The molecule has 1 atom stereocenters. The van der Waals surface area contributed by atoms with Crippen molar-refractivity contribution in [3.63, 3.8) is 0 Å². The molecule has 2 rings (SSSR count). The Balaban J connectivity index is 2.28. The molecule has 1 nitrogen and oxygen atoms in total. The van der Waals surface area contributed by atoms with E-state index in [4.69, 9.17) is 0 Å². The Hall–Kier alpha value is -1.26. The van der Waals surface area contributed by atoms with E-state index in [1.807, 2.05) is 0 Å². The number of thiophene rings is 1. The Morgan fingerprint density at radius 1 is 1.19 bits per heavy atom.